The Bertz CT molecular complexity index is 285. The molecule has 2 rings (SSSR count). The molecule has 0 saturated carbocycles. The number of hydrogen-bond acceptors (Lipinski definition) is 4. The first-order valence-electron chi connectivity index (χ1n) is 5.44. The second kappa shape index (κ2) is 5.19. The van der Waals surface area contributed by atoms with Gasteiger partial charge in [0, 0.05) is 18.9 Å². The first-order chi connectivity index (χ1) is 7.36. The van der Waals surface area contributed by atoms with Crippen LogP contribution in [0.1, 0.15) is 25.1 Å². The Hall–Kier alpha value is -1.00. The maximum absolute atomic E-state index is 5.77. The van der Waals surface area contributed by atoms with Gasteiger partial charge in [-0.15, -0.1) is 0 Å². The second-order valence-electron chi connectivity index (χ2n) is 3.96. The van der Waals surface area contributed by atoms with Crippen LogP contribution in [-0.2, 0) is 4.74 Å². The maximum atomic E-state index is 5.77. The molecule has 1 N–H and O–H groups in total. The molecule has 0 amide bonds. The van der Waals surface area contributed by atoms with Crippen molar-refractivity contribution >= 4 is 0 Å². The highest BCUT2D eigenvalue weighted by Gasteiger charge is 2.16. The molecule has 1 aromatic rings. The van der Waals surface area contributed by atoms with Crippen molar-refractivity contribution in [1.29, 1.82) is 0 Å². The van der Waals surface area contributed by atoms with Crippen LogP contribution in [0.5, 0.6) is 0 Å². The number of ether oxygens (including phenoxy) is 1. The molecule has 4 heteroatoms. The number of hydrogen-bond donors (Lipinski definition) is 1. The van der Waals surface area contributed by atoms with Gasteiger partial charge in [-0.25, -0.2) is 0 Å². The zero-order valence-electron chi connectivity index (χ0n) is 9.02. The van der Waals surface area contributed by atoms with Crippen molar-refractivity contribution in [3.8, 4) is 0 Å². The van der Waals surface area contributed by atoms with Gasteiger partial charge >= 0.3 is 0 Å². The third-order valence-corrected chi connectivity index (χ3v) is 2.74. The Morgan fingerprint density at radius 3 is 3.20 bits per heavy atom. The number of aromatic nitrogens is 2. The molecule has 1 fully saturated rings. The molecule has 2 heterocycles. The maximum Gasteiger partial charge on any atom is 0.0982 e. The summed E-state index contributed by atoms with van der Waals surface area (Å²) in [7, 11) is 0. The van der Waals surface area contributed by atoms with Crippen LogP contribution in [0.25, 0.3) is 0 Å². The van der Waals surface area contributed by atoms with E-state index in [4.69, 9.17) is 4.74 Å². The SMILES string of the molecule is C[C@H](OC[C@H]1CCNC1)c1cnccn1. The lowest BCUT2D eigenvalue weighted by molar-refractivity contribution is 0.0408. The van der Waals surface area contributed by atoms with E-state index in [1.165, 1.54) is 6.42 Å². The van der Waals surface area contributed by atoms with Crippen LogP contribution in [0.3, 0.4) is 0 Å². The van der Waals surface area contributed by atoms with Gasteiger partial charge in [0.05, 0.1) is 24.6 Å². The number of nitrogens with one attached hydrogen (secondary N) is 1. The fourth-order valence-electron chi connectivity index (χ4n) is 1.74. The number of nitrogens with zero attached hydrogens (tertiary/aromatic N) is 2. The Morgan fingerprint density at radius 1 is 1.60 bits per heavy atom. The highest BCUT2D eigenvalue weighted by Crippen LogP contribution is 2.16. The number of rotatable bonds is 4. The highest BCUT2D eigenvalue weighted by molar-refractivity contribution is 4.98. The minimum absolute atomic E-state index is 0.0410. The molecule has 0 unspecified atom stereocenters. The van der Waals surface area contributed by atoms with E-state index in [-0.39, 0.29) is 6.10 Å². The molecule has 1 aromatic heterocycles. The first kappa shape index (κ1) is 10.5. The minimum atomic E-state index is 0.0410. The zero-order valence-corrected chi connectivity index (χ0v) is 9.02. The quantitative estimate of drug-likeness (QED) is 0.805. The normalized spacial score (nSPS) is 22.9. The summed E-state index contributed by atoms with van der Waals surface area (Å²) in [5, 5.41) is 3.33. The Morgan fingerprint density at radius 2 is 2.53 bits per heavy atom. The lowest BCUT2D eigenvalue weighted by Crippen LogP contribution is -2.15. The average Bonchev–Trinajstić information content (AvgIpc) is 2.80. The van der Waals surface area contributed by atoms with E-state index in [0.717, 1.165) is 25.4 Å². The molecule has 0 radical (unpaired) electrons. The Kier molecular flexibility index (Phi) is 3.64. The summed E-state index contributed by atoms with van der Waals surface area (Å²) in [5.74, 6) is 0.657. The van der Waals surface area contributed by atoms with Gasteiger partial charge < -0.3 is 10.1 Å². The summed E-state index contributed by atoms with van der Waals surface area (Å²) < 4.78 is 5.77. The van der Waals surface area contributed by atoms with E-state index in [1.54, 1.807) is 18.6 Å². The summed E-state index contributed by atoms with van der Waals surface area (Å²) in [5.41, 5.74) is 0.906. The van der Waals surface area contributed by atoms with Crippen LogP contribution in [0.2, 0.25) is 0 Å². The lowest BCUT2D eigenvalue weighted by Gasteiger charge is -2.14. The van der Waals surface area contributed by atoms with Crippen molar-refractivity contribution in [2.24, 2.45) is 5.92 Å². The molecule has 0 aliphatic carbocycles. The predicted octanol–water partition coefficient (Wildman–Crippen LogP) is 1.16. The van der Waals surface area contributed by atoms with Crippen molar-refractivity contribution in [1.82, 2.24) is 15.3 Å². The monoisotopic (exact) mass is 207 g/mol. The minimum Gasteiger partial charge on any atom is -0.372 e. The molecule has 0 spiro atoms. The van der Waals surface area contributed by atoms with E-state index in [0.29, 0.717) is 5.92 Å². The van der Waals surface area contributed by atoms with Crippen LogP contribution < -0.4 is 5.32 Å². The smallest absolute Gasteiger partial charge is 0.0982 e. The molecule has 2 atom stereocenters. The zero-order chi connectivity index (χ0) is 10.5. The van der Waals surface area contributed by atoms with Gasteiger partial charge in [-0.2, -0.15) is 0 Å². The molecule has 0 bridgehead atoms. The first-order valence-corrected chi connectivity index (χ1v) is 5.44. The van der Waals surface area contributed by atoms with Crippen LogP contribution in [0.4, 0.5) is 0 Å². The molecule has 15 heavy (non-hydrogen) atoms. The third kappa shape index (κ3) is 2.97. The summed E-state index contributed by atoms with van der Waals surface area (Å²) in [6.07, 6.45) is 6.40. The van der Waals surface area contributed by atoms with E-state index in [1.807, 2.05) is 6.92 Å². The van der Waals surface area contributed by atoms with Crippen molar-refractivity contribution in [2.75, 3.05) is 19.7 Å². The summed E-state index contributed by atoms with van der Waals surface area (Å²) in [6.45, 7) is 5.03. The van der Waals surface area contributed by atoms with Crippen LogP contribution in [0, 0.1) is 5.92 Å². The van der Waals surface area contributed by atoms with E-state index >= 15 is 0 Å². The molecule has 1 aliphatic heterocycles. The van der Waals surface area contributed by atoms with Gasteiger partial charge in [-0.3, -0.25) is 9.97 Å². The van der Waals surface area contributed by atoms with Gasteiger partial charge in [0.1, 0.15) is 0 Å². The van der Waals surface area contributed by atoms with E-state index in [9.17, 15) is 0 Å². The molecule has 4 nitrogen and oxygen atoms in total. The van der Waals surface area contributed by atoms with Crippen molar-refractivity contribution in [2.45, 2.75) is 19.4 Å². The third-order valence-electron chi connectivity index (χ3n) is 2.74. The van der Waals surface area contributed by atoms with E-state index < -0.39 is 0 Å². The second-order valence-corrected chi connectivity index (χ2v) is 3.96. The highest BCUT2D eigenvalue weighted by atomic mass is 16.5. The summed E-state index contributed by atoms with van der Waals surface area (Å²) in [6, 6.07) is 0. The Balaban J connectivity index is 1.79. The summed E-state index contributed by atoms with van der Waals surface area (Å²) in [4.78, 5) is 8.25. The predicted molar refractivity (Wildman–Crippen MR) is 57.4 cm³/mol. The van der Waals surface area contributed by atoms with Crippen molar-refractivity contribution in [3.63, 3.8) is 0 Å². The topological polar surface area (TPSA) is 47.0 Å². The molecule has 0 aromatic carbocycles. The largest absolute Gasteiger partial charge is 0.372 e. The molecule has 1 saturated heterocycles. The fourth-order valence-corrected chi connectivity index (χ4v) is 1.74. The van der Waals surface area contributed by atoms with Gasteiger partial charge in [0.2, 0.25) is 0 Å². The van der Waals surface area contributed by atoms with Crippen molar-refractivity contribution in [3.05, 3.63) is 24.3 Å². The average molecular weight is 207 g/mol. The van der Waals surface area contributed by atoms with Crippen molar-refractivity contribution < 1.29 is 4.74 Å². The standard InChI is InChI=1S/C11H17N3O/c1-9(11-7-13-4-5-14-11)15-8-10-2-3-12-6-10/h4-5,7,9-10,12H,2-3,6,8H2,1H3/t9-,10-/m0/s1. The van der Waals surface area contributed by atoms with Crippen LogP contribution >= 0.6 is 0 Å². The van der Waals surface area contributed by atoms with Gasteiger partial charge in [-0.05, 0) is 25.8 Å². The van der Waals surface area contributed by atoms with Gasteiger partial charge in [0.15, 0.2) is 0 Å². The summed E-state index contributed by atoms with van der Waals surface area (Å²) >= 11 is 0. The van der Waals surface area contributed by atoms with Crippen LogP contribution in [0.15, 0.2) is 18.6 Å². The van der Waals surface area contributed by atoms with Crippen LogP contribution in [-0.4, -0.2) is 29.7 Å². The molecular formula is C11H17N3O. The fraction of sp³-hybridized carbons (Fsp3) is 0.636. The Labute approximate surface area is 90.1 Å². The molecule has 1 aliphatic rings. The van der Waals surface area contributed by atoms with Gasteiger partial charge in [0.25, 0.3) is 0 Å². The lowest BCUT2D eigenvalue weighted by atomic mass is 10.1. The van der Waals surface area contributed by atoms with Gasteiger partial charge in [-0.1, -0.05) is 0 Å². The molecular weight excluding hydrogens is 190 g/mol. The van der Waals surface area contributed by atoms with E-state index in [2.05, 4.69) is 15.3 Å². The molecule has 82 valence electrons.